The third-order valence-corrected chi connectivity index (χ3v) is 5.24. The van der Waals surface area contributed by atoms with Crippen molar-refractivity contribution in [1.82, 2.24) is 10.6 Å². The summed E-state index contributed by atoms with van der Waals surface area (Å²) in [5, 5.41) is 5.84. The molecule has 0 aliphatic heterocycles. The van der Waals surface area contributed by atoms with E-state index in [1.54, 1.807) is 0 Å². The van der Waals surface area contributed by atoms with Crippen molar-refractivity contribution in [2.75, 3.05) is 6.54 Å². The highest BCUT2D eigenvalue weighted by Crippen LogP contribution is 2.44. The summed E-state index contributed by atoms with van der Waals surface area (Å²) in [6, 6.07) is 10.6. The predicted molar refractivity (Wildman–Crippen MR) is 94.5 cm³/mol. The van der Waals surface area contributed by atoms with Gasteiger partial charge in [-0.15, -0.1) is 0 Å². The molecule has 2 amide bonds. The molecule has 4 nitrogen and oxygen atoms in total. The predicted octanol–water partition coefficient (Wildman–Crippen LogP) is 3.14. The summed E-state index contributed by atoms with van der Waals surface area (Å²) < 4.78 is 0. The van der Waals surface area contributed by atoms with Crippen molar-refractivity contribution in [3.63, 3.8) is 0 Å². The van der Waals surface area contributed by atoms with E-state index in [2.05, 4.69) is 22.8 Å². The number of amides is 2. The van der Waals surface area contributed by atoms with Crippen LogP contribution in [-0.2, 0) is 9.59 Å². The molecule has 0 saturated heterocycles. The van der Waals surface area contributed by atoms with Gasteiger partial charge in [0.05, 0.1) is 6.54 Å². The Morgan fingerprint density at radius 2 is 1.67 bits per heavy atom. The third-order valence-electron chi connectivity index (χ3n) is 5.24. The average Bonchev–Trinajstić information content (AvgIpc) is 3.44. The van der Waals surface area contributed by atoms with Gasteiger partial charge in [0.1, 0.15) is 0 Å². The van der Waals surface area contributed by atoms with E-state index in [4.69, 9.17) is 0 Å². The van der Waals surface area contributed by atoms with Gasteiger partial charge in [-0.1, -0.05) is 49.6 Å². The first kappa shape index (κ1) is 17.0. The van der Waals surface area contributed by atoms with Crippen LogP contribution in [0.15, 0.2) is 30.3 Å². The van der Waals surface area contributed by atoms with Crippen molar-refractivity contribution in [2.24, 2.45) is 5.92 Å². The lowest BCUT2D eigenvalue weighted by Crippen LogP contribution is -2.42. The van der Waals surface area contributed by atoms with Gasteiger partial charge in [-0.05, 0) is 43.1 Å². The van der Waals surface area contributed by atoms with Crippen molar-refractivity contribution in [3.05, 3.63) is 35.9 Å². The first-order chi connectivity index (χ1) is 11.7. The monoisotopic (exact) mass is 328 g/mol. The zero-order valence-corrected chi connectivity index (χ0v) is 14.3. The molecular formula is C20H28N2O2. The molecule has 2 N–H and O–H groups in total. The van der Waals surface area contributed by atoms with Crippen molar-refractivity contribution in [3.8, 4) is 0 Å². The van der Waals surface area contributed by atoms with Crippen molar-refractivity contribution in [2.45, 2.75) is 63.3 Å². The summed E-state index contributed by atoms with van der Waals surface area (Å²) in [7, 11) is 0. The van der Waals surface area contributed by atoms with Gasteiger partial charge >= 0.3 is 0 Å². The molecular weight excluding hydrogens is 300 g/mol. The Kier molecular flexibility index (Phi) is 5.89. The fourth-order valence-corrected chi connectivity index (χ4v) is 3.73. The van der Waals surface area contributed by atoms with E-state index < -0.39 is 0 Å². The van der Waals surface area contributed by atoms with Gasteiger partial charge in [-0.3, -0.25) is 9.59 Å². The van der Waals surface area contributed by atoms with Crippen LogP contribution in [-0.4, -0.2) is 24.4 Å². The van der Waals surface area contributed by atoms with Crippen LogP contribution in [0.1, 0.15) is 62.8 Å². The van der Waals surface area contributed by atoms with E-state index in [0.29, 0.717) is 18.4 Å². The number of hydrogen-bond acceptors (Lipinski definition) is 2. The van der Waals surface area contributed by atoms with Gasteiger partial charge in [-0.25, -0.2) is 0 Å². The standard InChI is InChI=1S/C20H28N2O2/c23-19(21-14-20(24)22-17-9-5-2-6-10-17)13-18(16-11-12-16)15-7-3-1-4-8-15/h1,3-4,7-8,16-18H,2,5-6,9-14H2,(H,21,23)(H,22,24). The first-order valence-electron chi connectivity index (χ1n) is 9.33. The van der Waals surface area contributed by atoms with Crippen molar-refractivity contribution >= 4 is 11.8 Å². The second-order valence-electron chi connectivity index (χ2n) is 7.24. The fraction of sp³-hybridized carbons (Fsp3) is 0.600. The summed E-state index contributed by atoms with van der Waals surface area (Å²) in [6.07, 6.45) is 8.67. The van der Waals surface area contributed by atoms with Gasteiger partial charge in [0.2, 0.25) is 11.8 Å². The minimum absolute atomic E-state index is 0.0189. The highest BCUT2D eigenvalue weighted by molar-refractivity contribution is 5.85. The Morgan fingerprint density at radius 3 is 2.33 bits per heavy atom. The Bertz CT molecular complexity index is 548. The zero-order chi connectivity index (χ0) is 16.8. The molecule has 4 heteroatoms. The summed E-state index contributed by atoms with van der Waals surface area (Å²) in [5.74, 6) is 0.828. The van der Waals surface area contributed by atoms with Crippen LogP contribution in [0, 0.1) is 5.92 Å². The third kappa shape index (κ3) is 5.08. The molecule has 0 heterocycles. The van der Waals surface area contributed by atoms with E-state index in [0.717, 1.165) is 12.8 Å². The number of rotatable bonds is 7. The van der Waals surface area contributed by atoms with Crippen LogP contribution in [0.2, 0.25) is 0 Å². The Balaban J connectivity index is 1.43. The molecule has 1 aromatic rings. The molecule has 0 radical (unpaired) electrons. The molecule has 24 heavy (non-hydrogen) atoms. The normalized spacial score (nSPS) is 19.5. The summed E-state index contributed by atoms with van der Waals surface area (Å²) >= 11 is 0. The van der Waals surface area contributed by atoms with E-state index in [-0.39, 0.29) is 24.3 Å². The second-order valence-corrected chi connectivity index (χ2v) is 7.24. The molecule has 2 aliphatic rings. The number of carbonyl (C=O) groups excluding carboxylic acids is 2. The number of nitrogens with one attached hydrogen (secondary N) is 2. The molecule has 2 aliphatic carbocycles. The van der Waals surface area contributed by atoms with Gasteiger partial charge in [0, 0.05) is 12.5 Å². The largest absolute Gasteiger partial charge is 0.352 e. The Morgan fingerprint density at radius 1 is 0.958 bits per heavy atom. The minimum atomic E-state index is -0.0575. The Labute approximate surface area is 144 Å². The van der Waals surface area contributed by atoms with Crippen LogP contribution >= 0.6 is 0 Å². The summed E-state index contributed by atoms with van der Waals surface area (Å²) in [5.41, 5.74) is 1.24. The lowest BCUT2D eigenvalue weighted by molar-refractivity contribution is -0.126. The van der Waals surface area contributed by atoms with Crippen LogP contribution in [0.25, 0.3) is 0 Å². The molecule has 1 unspecified atom stereocenters. The SMILES string of the molecule is O=C(CC(c1ccccc1)C1CC1)NCC(=O)NC1CCCCC1. The average molecular weight is 328 g/mol. The molecule has 2 fully saturated rings. The summed E-state index contributed by atoms with van der Waals surface area (Å²) in [4.78, 5) is 24.3. The van der Waals surface area contributed by atoms with Crippen molar-refractivity contribution < 1.29 is 9.59 Å². The highest BCUT2D eigenvalue weighted by atomic mass is 16.2. The van der Waals surface area contributed by atoms with Gasteiger partial charge in [0.25, 0.3) is 0 Å². The molecule has 0 spiro atoms. The maximum Gasteiger partial charge on any atom is 0.239 e. The maximum absolute atomic E-state index is 12.3. The van der Waals surface area contributed by atoms with Gasteiger partial charge in [-0.2, -0.15) is 0 Å². The molecule has 3 rings (SSSR count). The van der Waals surface area contributed by atoms with Crippen LogP contribution in [0.4, 0.5) is 0 Å². The molecule has 0 aromatic heterocycles. The van der Waals surface area contributed by atoms with Crippen molar-refractivity contribution in [1.29, 1.82) is 0 Å². The first-order valence-corrected chi connectivity index (χ1v) is 9.33. The number of benzene rings is 1. The van der Waals surface area contributed by atoms with E-state index in [1.807, 2.05) is 18.2 Å². The molecule has 1 aromatic carbocycles. The molecule has 0 bridgehead atoms. The lowest BCUT2D eigenvalue weighted by atomic mass is 9.91. The smallest absolute Gasteiger partial charge is 0.239 e. The van der Waals surface area contributed by atoms with Crippen LogP contribution < -0.4 is 10.6 Å². The number of carbonyl (C=O) groups is 2. The lowest BCUT2D eigenvalue weighted by Gasteiger charge is -2.23. The second kappa shape index (κ2) is 8.32. The highest BCUT2D eigenvalue weighted by Gasteiger charge is 2.33. The minimum Gasteiger partial charge on any atom is -0.352 e. The van der Waals surface area contributed by atoms with Gasteiger partial charge in [0.15, 0.2) is 0 Å². The molecule has 1 atom stereocenters. The van der Waals surface area contributed by atoms with Gasteiger partial charge < -0.3 is 10.6 Å². The summed E-state index contributed by atoms with van der Waals surface area (Å²) in [6.45, 7) is 0.0987. The quantitative estimate of drug-likeness (QED) is 0.808. The Hall–Kier alpha value is -1.84. The van der Waals surface area contributed by atoms with E-state index in [1.165, 1.54) is 37.7 Å². The van der Waals surface area contributed by atoms with E-state index in [9.17, 15) is 9.59 Å². The number of hydrogen-bond donors (Lipinski definition) is 2. The zero-order valence-electron chi connectivity index (χ0n) is 14.3. The van der Waals surface area contributed by atoms with E-state index >= 15 is 0 Å². The maximum atomic E-state index is 12.3. The van der Waals surface area contributed by atoms with Crippen LogP contribution in [0.5, 0.6) is 0 Å². The molecule has 130 valence electrons. The van der Waals surface area contributed by atoms with Crippen LogP contribution in [0.3, 0.4) is 0 Å². The topological polar surface area (TPSA) is 58.2 Å². The molecule has 2 saturated carbocycles. The fourth-order valence-electron chi connectivity index (χ4n) is 3.73.